The molecule has 1 aromatic heterocycles. The van der Waals surface area contributed by atoms with Gasteiger partial charge >= 0.3 is 0 Å². The molecule has 150 valence electrons. The molecule has 5 nitrogen and oxygen atoms in total. The number of anilines is 2. The van der Waals surface area contributed by atoms with Crippen LogP contribution < -0.4 is 10.6 Å². The fourth-order valence-electron chi connectivity index (χ4n) is 3.23. The van der Waals surface area contributed by atoms with E-state index in [2.05, 4.69) is 27.9 Å². The van der Waals surface area contributed by atoms with Crippen LogP contribution in [-0.2, 0) is 11.3 Å². The third kappa shape index (κ3) is 4.70. The van der Waals surface area contributed by atoms with E-state index in [0.717, 1.165) is 16.8 Å². The first-order chi connectivity index (χ1) is 14.7. The summed E-state index contributed by atoms with van der Waals surface area (Å²) in [7, 11) is 0. The zero-order chi connectivity index (χ0) is 20.8. The fraction of sp³-hybridized carbons (Fsp3) is 0.0833. The van der Waals surface area contributed by atoms with Crippen molar-refractivity contribution in [2.45, 2.75) is 12.6 Å². The minimum atomic E-state index is -0.573. The maximum absolute atomic E-state index is 13.1. The molecule has 1 heterocycles. The molecule has 1 amide bonds. The first kappa shape index (κ1) is 19.7. The van der Waals surface area contributed by atoms with Gasteiger partial charge < -0.3 is 10.6 Å². The van der Waals surface area contributed by atoms with E-state index in [1.807, 2.05) is 60.7 Å². The molecule has 0 fully saturated rings. The molecule has 1 atom stereocenters. The topological polar surface area (TPSA) is 59.0 Å². The van der Waals surface area contributed by atoms with Crippen LogP contribution in [0.25, 0.3) is 0 Å². The molecule has 1 unspecified atom stereocenters. The minimum absolute atomic E-state index is 0.189. The highest BCUT2D eigenvalue weighted by molar-refractivity contribution is 6.33. The van der Waals surface area contributed by atoms with Crippen LogP contribution in [0.5, 0.6) is 0 Å². The number of carbonyl (C=O) groups is 1. The second kappa shape index (κ2) is 9.29. The first-order valence-corrected chi connectivity index (χ1v) is 10.0. The predicted molar refractivity (Wildman–Crippen MR) is 121 cm³/mol. The van der Waals surface area contributed by atoms with Gasteiger partial charge in [0.25, 0.3) is 5.91 Å². The van der Waals surface area contributed by atoms with Gasteiger partial charge in [0.05, 0.1) is 10.7 Å². The molecular weight excluding hydrogens is 396 g/mol. The second-order valence-corrected chi connectivity index (χ2v) is 7.23. The number of amides is 1. The maximum Gasteiger partial charge on any atom is 0.253 e. The number of nitrogens with one attached hydrogen (secondary N) is 2. The molecule has 0 spiro atoms. The van der Waals surface area contributed by atoms with Crippen molar-refractivity contribution in [1.29, 1.82) is 0 Å². The van der Waals surface area contributed by atoms with Gasteiger partial charge in [0.1, 0.15) is 0 Å². The average molecular weight is 417 g/mol. The van der Waals surface area contributed by atoms with E-state index in [9.17, 15) is 4.79 Å². The highest BCUT2D eigenvalue weighted by Crippen LogP contribution is 2.27. The molecule has 6 heteroatoms. The summed E-state index contributed by atoms with van der Waals surface area (Å²) in [5.74, 6) is -0.189. The predicted octanol–water partition coefficient (Wildman–Crippen LogP) is 5.38. The monoisotopic (exact) mass is 416 g/mol. The highest BCUT2D eigenvalue weighted by atomic mass is 35.5. The third-order valence-corrected chi connectivity index (χ3v) is 5.03. The number of hydrogen-bond acceptors (Lipinski definition) is 3. The summed E-state index contributed by atoms with van der Waals surface area (Å²) in [6, 6.07) is 26.3. The van der Waals surface area contributed by atoms with Crippen molar-refractivity contribution in [2.24, 2.45) is 0 Å². The Labute approximate surface area is 180 Å². The van der Waals surface area contributed by atoms with Gasteiger partial charge in [-0.1, -0.05) is 72.3 Å². The van der Waals surface area contributed by atoms with Crippen LogP contribution in [0.4, 0.5) is 11.4 Å². The summed E-state index contributed by atoms with van der Waals surface area (Å²) < 4.78 is 1.64. The summed E-state index contributed by atoms with van der Waals surface area (Å²) >= 11 is 6.44. The molecule has 0 saturated carbocycles. The van der Waals surface area contributed by atoms with E-state index in [1.54, 1.807) is 29.2 Å². The van der Waals surface area contributed by atoms with Crippen molar-refractivity contribution in [2.75, 3.05) is 10.6 Å². The standard InChI is InChI=1S/C24H21ClN4O/c25-21-16-20(12-13-22(21)26-17-18-8-3-1-4-9-18)28-24(30)23(29-15-7-14-27-29)19-10-5-2-6-11-19/h1-16,23,26H,17H2,(H,28,30). The van der Waals surface area contributed by atoms with Gasteiger partial charge in [-0.15, -0.1) is 0 Å². The summed E-state index contributed by atoms with van der Waals surface area (Å²) in [5.41, 5.74) is 3.45. The van der Waals surface area contributed by atoms with Crippen LogP contribution in [0.2, 0.25) is 5.02 Å². The summed E-state index contributed by atoms with van der Waals surface area (Å²) in [4.78, 5) is 13.1. The Bertz CT molecular complexity index is 1100. The smallest absolute Gasteiger partial charge is 0.253 e. The van der Waals surface area contributed by atoms with Crippen molar-refractivity contribution in [1.82, 2.24) is 9.78 Å². The van der Waals surface area contributed by atoms with Crippen molar-refractivity contribution >= 4 is 28.9 Å². The Morgan fingerprint density at radius 3 is 2.37 bits per heavy atom. The maximum atomic E-state index is 13.1. The van der Waals surface area contributed by atoms with E-state index in [-0.39, 0.29) is 5.91 Å². The number of halogens is 1. The number of aromatic nitrogens is 2. The Hall–Kier alpha value is -3.57. The van der Waals surface area contributed by atoms with Crippen LogP contribution in [0.1, 0.15) is 17.2 Å². The number of nitrogens with zero attached hydrogens (tertiary/aromatic N) is 2. The molecule has 4 rings (SSSR count). The molecule has 0 aliphatic heterocycles. The summed E-state index contributed by atoms with van der Waals surface area (Å²) in [6.45, 7) is 0.668. The average Bonchev–Trinajstić information content (AvgIpc) is 3.29. The lowest BCUT2D eigenvalue weighted by molar-refractivity contribution is -0.118. The zero-order valence-electron chi connectivity index (χ0n) is 16.2. The van der Waals surface area contributed by atoms with Crippen molar-refractivity contribution in [3.63, 3.8) is 0 Å². The van der Waals surface area contributed by atoms with Crippen LogP contribution in [-0.4, -0.2) is 15.7 Å². The normalized spacial score (nSPS) is 11.6. The number of hydrogen-bond donors (Lipinski definition) is 2. The molecule has 0 saturated heterocycles. The quantitative estimate of drug-likeness (QED) is 0.425. The summed E-state index contributed by atoms with van der Waals surface area (Å²) in [6.07, 6.45) is 3.44. The van der Waals surface area contributed by atoms with Crippen LogP contribution in [0.15, 0.2) is 97.3 Å². The van der Waals surface area contributed by atoms with Gasteiger partial charge in [0.2, 0.25) is 0 Å². The molecule has 3 aromatic carbocycles. The molecule has 0 aliphatic carbocycles. The van der Waals surface area contributed by atoms with E-state index in [4.69, 9.17) is 11.6 Å². The van der Waals surface area contributed by atoms with Gasteiger partial charge in [-0.3, -0.25) is 9.48 Å². The van der Waals surface area contributed by atoms with Crippen molar-refractivity contribution in [3.05, 3.63) is 113 Å². The molecular formula is C24H21ClN4O. The number of rotatable bonds is 7. The highest BCUT2D eigenvalue weighted by Gasteiger charge is 2.23. The SMILES string of the molecule is O=C(Nc1ccc(NCc2ccccc2)c(Cl)c1)C(c1ccccc1)n1cccn1. The molecule has 2 N–H and O–H groups in total. The first-order valence-electron chi connectivity index (χ1n) is 9.63. The Morgan fingerprint density at radius 1 is 0.967 bits per heavy atom. The van der Waals surface area contributed by atoms with E-state index < -0.39 is 6.04 Å². The zero-order valence-corrected chi connectivity index (χ0v) is 17.0. The number of benzene rings is 3. The van der Waals surface area contributed by atoms with Crippen LogP contribution in [0, 0.1) is 0 Å². The fourth-order valence-corrected chi connectivity index (χ4v) is 3.48. The van der Waals surface area contributed by atoms with E-state index in [0.29, 0.717) is 17.3 Å². The lowest BCUT2D eigenvalue weighted by Crippen LogP contribution is -2.27. The number of carbonyl (C=O) groups excluding carboxylic acids is 1. The Kier molecular flexibility index (Phi) is 6.11. The van der Waals surface area contributed by atoms with Crippen LogP contribution >= 0.6 is 11.6 Å². The van der Waals surface area contributed by atoms with E-state index in [1.165, 1.54) is 0 Å². The Morgan fingerprint density at radius 2 is 1.70 bits per heavy atom. The lowest BCUT2D eigenvalue weighted by atomic mass is 10.1. The molecule has 0 aliphatic rings. The van der Waals surface area contributed by atoms with Gasteiger partial charge in [-0.05, 0) is 35.4 Å². The summed E-state index contributed by atoms with van der Waals surface area (Å²) in [5, 5.41) is 11.1. The van der Waals surface area contributed by atoms with E-state index >= 15 is 0 Å². The lowest BCUT2D eigenvalue weighted by Gasteiger charge is -2.18. The molecule has 4 aromatic rings. The van der Waals surface area contributed by atoms with Crippen molar-refractivity contribution < 1.29 is 4.79 Å². The van der Waals surface area contributed by atoms with Crippen molar-refractivity contribution in [3.8, 4) is 0 Å². The van der Waals surface area contributed by atoms with Gasteiger partial charge in [-0.2, -0.15) is 5.10 Å². The molecule has 0 bridgehead atoms. The molecule has 30 heavy (non-hydrogen) atoms. The largest absolute Gasteiger partial charge is 0.380 e. The Balaban J connectivity index is 1.49. The minimum Gasteiger partial charge on any atom is -0.380 e. The van der Waals surface area contributed by atoms with Gasteiger partial charge in [0.15, 0.2) is 6.04 Å². The van der Waals surface area contributed by atoms with Crippen LogP contribution in [0.3, 0.4) is 0 Å². The third-order valence-electron chi connectivity index (χ3n) is 4.72. The van der Waals surface area contributed by atoms with Gasteiger partial charge in [0, 0.05) is 24.6 Å². The molecule has 0 radical (unpaired) electrons. The van der Waals surface area contributed by atoms with Gasteiger partial charge in [-0.25, -0.2) is 0 Å². The second-order valence-electron chi connectivity index (χ2n) is 6.82.